The molecule has 1 aromatic carbocycles. The van der Waals surface area contributed by atoms with Crippen molar-refractivity contribution in [2.45, 2.75) is 25.8 Å². The van der Waals surface area contributed by atoms with E-state index in [4.69, 9.17) is 0 Å². The Hall–Kier alpha value is -2.27. The summed E-state index contributed by atoms with van der Waals surface area (Å²) in [5, 5.41) is 0. The molecule has 2 aromatic rings. The van der Waals surface area contributed by atoms with Gasteiger partial charge in [0.2, 0.25) is 5.91 Å². The molecule has 0 aliphatic carbocycles. The molecule has 1 aromatic heterocycles. The van der Waals surface area contributed by atoms with Crippen molar-refractivity contribution in [2.24, 2.45) is 0 Å². The lowest BCUT2D eigenvalue weighted by Gasteiger charge is -2.22. The van der Waals surface area contributed by atoms with Crippen LogP contribution in [0.4, 0.5) is 4.39 Å². The number of benzene rings is 1. The molecule has 0 N–H and O–H groups in total. The van der Waals surface area contributed by atoms with Crippen LogP contribution in [0.5, 0.6) is 0 Å². The molecule has 0 saturated carbocycles. The van der Waals surface area contributed by atoms with Gasteiger partial charge in [-0.15, -0.1) is 0 Å². The molecule has 2 heterocycles. The number of pyridine rings is 1. The van der Waals surface area contributed by atoms with Crippen LogP contribution in [0.15, 0.2) is 48.8 Å². The second kappa shape index (κ2) is 8.72. The summed E-state index contributed by atoms with van der Waals surface area (Å²) in [5.41, 5.74) is 2.08. The van der Waals surface area contributed by atoms with Crippen LogP contribution in [0.3, 0.4) is 0 Å². The smallest absolute Gasteiger partial charge is 0.222 e. The Bertz CT molecular complexity index is 692. The number of amides is 1. The maximum atomic E-state index is 13.2. The van der Waals surface area contributed by atoms with Crippen LogP contribution in [0.2, 0.25) is 0 Å². The Morgan fingerprint density at radius 2 is 1.96 bits per heavy atom. The number of halogens is 1. The van der Waals surface area contributed by atoms with Crippen molar-refractivity contribution in [2.75, 3.05) is 26.2 Å². The Balaban J connectivity index is 1.48. The zero-order valence-corrected chi connectivity index (χ0v) is 14.4. The highest BCUT2D eigenvalue weighted by atomic mass is 19.1. The average Bonchev–Trinajstić information content (AvgIpc) is 2.86. The molecular weight excluding hydrogens is 317 g/mol. The molecule has 0 bridgehead atoms. The van der Waals surface area contributed by atoms with Gasteiger partial charge in [0, 0.05) is 51.5 Å². The molecule has 132 valence electrons. The Morgan fingerprint density at radius 3 is 2.76 bits per heavy atom. The topological polar surface area (TPSA) is 36.4 Å². The minimum atomic E-state index is -0.245. The molecule has 25 heavy (non-hydrogen) atoms. The summed E-state index contributed by atoms with van der Waals surface area (Å²) in [6.45, 7) is 4.29. The normalized spacial score (nSPS) is 15.8. The second-order valence-electron chi connectivity index (χ2n) is 6.50. The van der Waals surface area contributed by atoms with E-state index in [1.54, 1.807) is 12.3 Å². The molecule has 1 aliphatic rings. The van der Waals surface area contributed by atoms with E-state index in [0.717, 1.165) is 44.7 Å². The molecule has 1 aliphatic heterocycles. The van der Waals surface area contributed by atoms with Gasteiger partial charge in [-0.2, -0.15) is 0 Å². The highest BCUT2D eigenvalue weighted by Crippen LogP contribution is 2.11. The number of aryl methyl sites for hydroxylation is 1. The summed E-state index contributed by atoms with van der Waals surface area (Å²) >= 11 is 0. The van der Waals surface area contributed by atoms with Crippen LogP contribution in [0.25, 0.3) is 0 Å². The first-order chi connectivity index (χ1) is 12.2. The van der Waals surface area contributed by atoms with Gasteiger partial charge in [0.05, 0.1) is 0 Å². The largest absolute Gasteiger partial charge is 0.341 e. The van der Waals surface area contributed by atoms with Crippen molar-refractivity contribution in [1.82, 2.24) is 14.8 Å². The van der Waals surface area contributed by atoms with Gasteiger partial charge in [-0.05, 0) is 42.2 Å². The summed E-state index contributed by atoms with van der Waals surface area (Å²) in [6, 6.07) is 10.5. The van der Waals surface area contributed by atoms with Crippen molar-refractivity contribution in [3.63, 3.8) is 0 Å². The Morgan fingerprint density at radius 1 is 1.08 bits per heavy atom. The summed E-state index contributed by atoms with van der Waals surface area (Å²) in [6.07, 6.45) is 5.68. The first kappa shape index (κ1) is 17.5. The molecule has 0 atom stereocenters. The summed E-state index contributed by atoms with van der Waals surface area (Å²) < 4.78 is 13.2. The van der Waals surface area contributed by atoms with E-state index >= 15 is 0 Å². The van der Waals surface area contributed by atoms with Gasteiger partial charge >= 0.3 is 0 Å². The Kier molecular flexibility index (Phi) is 6.12. The monoisotopic (exact) mass is 341 g/mol. The van der Waals surface area contributed by atoms with Gasteiger partial charge in [0.1, 0.15) is 5.82 Å². The fourth-order valence-corrected chi connectivity index (χ4v) is 3.23. The van der Waals surface area contributed by atoms with Crippen molar-refractivity contribution in [3.8, 4) is 0 Å². The third-order valence-corrected chi connectivity index (χ3v) is 4.59. The molecule has 0 unspecified atom stereocenters. The maximum absolute atomic E-state index is 13.2. The fraction of sp³-hybridized carbons (Fsp3) is 0.400. The van der Waals surface area contributed by atoms with Crippen molar-refractivity contribution < 1.29 is 9.18 Å². The number of rotatable bonds is 5. The fourth-order valence-electron chi connectivity index (χ4n) is 3.23. The van der Waals surface area contributed by atoms with E-state index in [2.05, 4.69) is 16.0 Å². The molecule has 0 radical (unpaired) electrons. The zero-order valence-electron chi connectivity index (χ0n) is 14.4. The van der Waals surface area contributed by atoms with E-state index in [1.807, 2.05) is 23.2 Å². The minimum absolute atomic E-state index is 0.160. The van der Waals surface area contributed by atoms with Crippen molar-refractivity contribution in [1.29, 1.82) is 0 Å². The first-order valence-corrected chi connectivity index (χ1v) is 8.84. The molecule has 0 spiro atoms. The molecule has 1 saturated heterocycles. The van der Waals surface area contributed by atoms with Crippen LogP contribution >= 0.6 is 0 Å². The number of hydrogen-bond acceptors (Lipinski definition) is 3. The van der Waals surface area contributed by atoms with Gasteiger partial charge in [-0.25, -0.2) is 4.39 Å². The summed E-state index contributed by atoms with van der Waals surface area (Å²) in [4.78, 5) is 21.0. The minimum Gasteiger partial charge on any atom is -0.341 e. The molecular formula is C20H24FN3O. The predicted octanol–water partition coefficient (Wildman–Crippen LogP) is 2.89. The van der Waals surface area contributed by atoms with Crippen LogP contribution < -0.4 is 0 Å². The van der Waals surface area contributed by atoms with E-state index in [-0.39, 0.29) is 11.7 Å². The molecule has 5 heteroatoms. The second-order valence-corrected chi connectivity index (χ2v) is 6.50. The third-order valence-electron chi connectivity index (χ3n) is 4.59. The molecule has 4 nitrogen and oxygen atoms in total. The number of hydrogen-bond donors (Lipinski definition) is 0. The molecule has 1 fully saturated rings. The van der Waals surface area contributed by atoms with Gasteiger partial charge in [-0.1, -0.05) is 18.2 Å². The van der Waals surface area contributed by atoms with Crippen LogP contribution in [-0.2, 0) is 17.8 Å². The first-order valence-electron chi connectivity index (χ1n) is 8.84. The SMILES string of the molecule is O=C(CCc1cccc(F)c1)N1CCCN(Cc2cccnc2)CC1. The van der Waals surface area contributed by atoms with Gasteiger partial charge < -0.3 is 4.90 Å². The number of carbonyl (C=O) groups is 1. The number of aromatic nitrogens is 1. The number of nitrogens with zero attached hydrogens (tertiary/aromatic N) is 3. The average molecular weight is 341 g/mol. The van der Waals surface area contributed by atoms with E-state index < -0.39 is 0 Å². The van der Waals surface area contributed by atoms with Gasteiger partial charge in [0.15, 0.2) is 0 Å². The predicted molar refractivity (Wildman–Crippen MR) is 95.4 cm³/mol. The lowest BCUT2D eigenvalue weighted by molar-refractivity contribution is -0.131. The van der Waals surface area contributed by atoms with E-state index in [9.17, 15) is 9.18 Å². The molecule has 1 amide bonds. The van der Waals surface area contributed by atoms with E-state index in [0.29, 0.717) is 12.8 Å². The summed E-state index contributed by atoms with van der Waals surface area (Å²) in [7, 11) is 0. The van der Waals surface area contributed by atoms with E-state index in [1.165, 1.54) is 17.7 Å². The lowest BCUT2D eigenvalue weighted by Crippen LogP contribution is -2.35. The highest BCUT2D eigenvalue weighted by Gasteiger charge is 2.19. The zero-order chi connectivity index (χ0) is 17.5. The van der Waals surface area contributed by atoms with Crippen LogP contribution in [0.1, 0.15) is 24.0 Å². The quantitative estimate of drug-likeness (QED) is 0.839. The Labute approximate surface area is 148 Å². The summed E-state index contributed by atoms with van der Waals surface area (Å²) in [5.74, 6) is -0.0849. The maximum Gasteiger partial charge on any atom is 0.222 e. The van der Waals surface area contributed by atoms with Gasteiger partial charge in [-0.3, -0.25) is 14.7 Å². The van der Waals surface area contributed by atoms with Gasteiger partial charge in [0.25, 0.3) is 0 Å². The van der Waals surface area contributed by atoms with Crippen LogP contribution in [0, 0.1) is 5.82 Å². The van der Waals surface area contributed by atoms with Crippen molar-refractivity contribution in [3.05, 3.63) is 65.7 Å². The standard InChI is InChI=1S/C20H24FN3O/c21-19-6-1-4-17(14-19)7-8-20(25)24-11-3-10-23(12-13-24)16-18-5-2-9-22-15-18/h1-2,4-6,9,14-15H,3,7-8,10-13,16H2. The highest BCUT2D eigenvalue weighted by molar-refractivity contribution is 5.76. The number of carbonyl (C=O) groups excluding carboxylic acids is 1. The van der Waals surface area contributed by atoms with Crippen LogP contribution in [-0.4, -0.2) is 46.9 Å². The third kappa shape index (κ3) is 5.36. The van der Waals surface area contributed by atoms with Crippen molar-refractivity contribution >= 4 is 5.91 Å². The lowest BCUT2D eigenvalue weighted by atomic mass is 10.1. The molecule has 3 rings (SSSR count).